The number of aromatic amines is 2. The predicted octanol–water partition coefficient (Wildman–Crippen LogP) is 7.54. The molecule has 0 fully saturated rings. The number of amidine groups is 4. The molecule has 1 aromatic carbocycles. The zero-order valence-electron chi connectivity index (χ0n) is 22.6. The van der Waals surface area contributed by atoms with E-state index < -0.39 is 0 Å². The molecule has 2 aromatic heterocycles. The average molecular weight is 529 g/mol. The molecule has 3 aliphatic carbocycles. The van der Waals surface area contributed by atoms with Crippen LogP contribution < -0.4 is 10.6 Å². The summed E-state index contributed by atoms with van der Waals surface area (Å²) in [4.78, 5) is 28.1. The molecule has 40 heavy (non-hydrogen) atoms. The Labute approximate surface area is 232 Å². The SMILES string of the molecule is c1ccc2c3[nH]c(c2c1)NC1=NC(=Nc2[nH]c(c4c2CCCC4)N=C2N=C(N3)C3=C2CCCC3)C2=C1CCCC2. The highest BCUT2D eigenvalue weighted by Crippen LogP contribution is 2.42. The fraction of sp³-hybridized carbons (Fsp3) is 0.375. The summed E-state index contributed by atoms with van der Waals surface area (Å²) in [6.07, 6.45) is 13.3. The Kier molecular flexibility index (Phi) is 4.89. The van der Waals surface area contributed by atoms with Crippen LogP contribution in [0.25, 0.3) is 10.8 Å². The number of fused-ring (bicyclic) bond motifs is 16. The minimum absolute atomic E-state index is 0.853. The van der Waals surface area contributed by atoms with Gasteiger partial charge in [-0.2, -0.15) is 0 Å². The van der Waals surface area contributed by atoms with Gasteiger partial charge in [-0.1, -0.05) is 24.3 Å². The largest absolute Gasteiger partial charge is 0.327 e. The summed E-state index contributed by atoms with van der Waals surface area (Å²) in [7, 11) is 0. The number of anilines is 2. The summed E-state index contributed by atoms with van der Waals surface area (Å²) in [6, 6.07) is 8.51. The van der Waals surface area contributed by atoms with Gasteiger partial charge in [-0.25, -0.2) is 20.0 Å². The van der Waals surface area contributed by atoms with Crippen LogP contribution in [-0.4, -0.2) is 33.3 Å². The molecule has 0 saturated carbocycles. The molecular weight excluding hydrogens is 496 g/mol. The molecule has 4 N–H and O–H groups in total. The zero-order valence-corrected chi connectivity index (χ0v) is 22.6. The van der Waals surface area contributed by atoms with Gasteiger partial charge < -0.3 is 20.6 Å². The molecule has 3 aromatic rings. The molecule has 8 nitrogen and oxygen atoms in total. The maximum absolute atomic E-state index is 5.24. The average Bonchev–Trinajstić information content (AvgIpc) is 3.73. The first kappa shape index (κ1) is 22.6. The molecule has 8 heteroatoms. The second-order valence-corrected chi connectivity index (χ2v) is 11.8. The molecule has 3 aliphatic heterocycles. The van der Waals surface area contributed by atoms with Crippen molar-refractivity contribution >= 4 is 57.4 Å². The van der Waals surface area contributed by atoms with Gasteiger partial charge in [-0.15, -0.1) is 0 Å². The van der Waals surface area contributed by atoms with Crippen LogP contribution in [0.3, 0.4) is 0 Å². The van der Waals surface area contributed by atoms with E-state index in [-0.39, 0.29) is 0 Å². The summed E-state index contributed by atoms with van der Waals surface area (Å²) in [5.74, 6) is 7.33. The Bertz CT molecular complexity index is 1670. The van der Waals surface area contributed by atoms with E-state index in [0.717, 1.165) is 95.9 Å². The van der Waals surface area contributed by atoms with Gasteiger partial charge in [0.25, 0.3) is 0 Å². The van der Waals surface area contributed by atoms with E-state index >= 15 is 0 Å². The maximum Gasteiger partial charge on any atom is 0.160 e. The first-order valence-electron chi connectivity index (χ1n) is 15.0. The molecule has 0 spiro atoms. The normalized spacial score (nSPS) is 21.6. The van der Waals surface area contributed by atoms with E-state index in [0.29, 0.717) is 0 Å². The highest BCUT2D eigenvalue weighted by Gasteiger charge is 2.32. The number of nitrogens with zero attached hydrogens (tertiary/aromatic N) is 4. The van der Waals surface area contributed by atoms with Gasteiger partial charge in [0.2, 0.25) is 0 Å². The molecular formula is C32H32N8. The second kappa shape index (κ2) is 8.65. The summed E-state index contributed by atoms with van der Waals surface area (Å²) >= 11 is 0. The van der Waals surface area contributed by atoms with Crippen molar-refractivity contribution in [1.82, 2.24) is 9.97 Å². The van der Waals surface area contributed by atoms with Crippen molar-refractivity contribution in [3.05, 3.63) is 57.7 Å². The van der Waals surface area contributed by atoms with Gasteiger partial charge >= 0.3 is 0 Å². The van der Waals surface area contributed by atoms with E-state index in [1.807, 2.05) is 0 Å². The molecule has 0 atom stereocenters. The smallest absolute Gasteiger partial charge is 0.160 e. The monoisotopic (exact) mass is 528 g/mol. The first-order chi connectivity index (χ1) is 19.8. The molecule has 5 heterocycles. The lowest BCUT2D eigenvalue weighted by atomic mass is 9.92. The predicted molar refractivity (Wildman–Crippen MR) is 163 cm³/mol. The van der Waals surface area contributed by atoms with Crippen molar-refractivity contribution in [2.75, 3.05) is 10.6 Å². The summed E-state index contributed by atoms with van der Waals surface area (Å²) in [5, 5.41) is 9.68. The van der Waals surface area contributed by atoms with Gasteiger partial charge in [-0.3, -0.25) is 0 Å². The molecule has 0 saturated heterocycles. The Hall–Kier alpha value is -4.20. The van der Waals surface area contributed by atoms with Crippen LogP contribution in [-0.2, 0) is 12.8 Å². The fourth-order valence-corrected chi connectivity index (χ4v) is 7.41. The first-order valence-corrected chi connectivity index (χ1v) is 15.0. The Balaban J connectivity index is 1.29. The standard InChI is InChI=1S/C32H32N8/c1-2-10-18-17(9-1)25-33-26(18)38-28-21-13-5-6-14-22(21)30(35-28)40-32-24-16-8-7-15-23(24)31(36-32)39-29-20-12-4-3-11-19(20)27(34-29)37-25/h1-2,9-10H,3-8,11-16H2,(H4,33,34,35,36,37,38,39,40). The third-order valence-electron chi connectivity index (χ3n) is 9.40. The zero-order chi connectivity index (χ0) is 26.2. The lowest BCUT2D eigenvalue weighted by Crippen LogP contribution is -2.16. The number of hydrogen-bond acceptors (Lipinski definition) is 6. The van der Waals surface area contributed by atoms with E-state index in [2.05, 4.69) is 44.9 Å². The van der Waals surface area contributed by atoms with E-state index in [9.17, 15) is 0 Å². The van der Waals surface area contributed by atoms with Crippen LogP contribution in [0, 0.1) is 0 Å². The van der Waals surface area contributed by atoms with Crippen molar-refractivity contribution in [2.45, 2.75) is 77.0 Å². The van der Waals surface area contributed by atoms with Crippen LogP contribution in [0.2, 0.25) is 0 Å². The van der Waals surface area contributed by atoms with Crippen molar-refractivity contribution < 1.29 is 0 Å². The Morgan fingerprint density at radius 2 is 0.925 bits per heavy atom. The third-order valence-corrected chi connectivity index (χ3v) is 9.40. The van der Waals surface area contributed by atoms with Crippen molar-refractivity contribution in [2.24, 2.45) is 20.0 Å². The number of aromatic nitrogens is 2. The van der Waals surface area contributed by atoms with Gasteiger partial charge in [-0.05, 0) is 77.0 Å². The number of rotatable bonds is 0. The van der Waals surface area contributed by atoms with Gasteiger partial charge in [0.1, 0.15) is 34.9 Å². The van der Waals surface area contributed by atoms with E-state index in [4.69, 9.17) is 20.0 Å². The Morgan fingerprint density at radius 1 is 0.475 bits per heavy atom. The molecule has 0 radical (unpaired) electrons. The molecule has 0 unspecified atom stereocenters. The lowest BCUT2D eigenvalue weighted by Gasteiger charge is -2.16. The molecule has 200 valence electrons. The van der Waals surface area contributed by atoms with Crippen molar-refractivity contribution in [3.63, 3.8) is 0 Å². The molecule has 6 aliphatic rings. The molecule has 9 rings (SSSR count). The third kappa shape index (κ3) is 3.37. The van der Waals surface area contributed by atoms with Gasteiger partial charge in [0.05, 0.1) is 0 Å². The summed E-state index contributed by atoms with van der Waals surface area (Å²) in [5.41, 5.74) is 7.83. The van der Waals surface area contributed by atoms with Gasteiger partial charge in [0, 0.05) is 44.2 Å². The molecule has 8 bridgehead atoms. The number of benzene rings is 1. The fourth-order valence-electron chi connectivity index (χ4n) is 7.41. The van der Waals surface area contributed by atoms with Crippen molar-refractivity contribution in [1.29, 1.82) is 0 Å². The van der Waals surface area contributed by atoms with Crippen LogP contribution in [0.5, 0.6) is 0 Å². The lowest BCUT2D eigenvalue weighted by molar-refractivity contribution is 0.691. The highest BCUT2D eigenvalue weighted by molar-refractivity contribution is 6.28. The van der Waals surface area contributed by atoms with Crippen LogP contribution >= 0.6 is 0 Å². The number of hydrogen-bond donors (Lipinski definition) is 4. The van der Waals surface area contributed by atoms with Crippen LogP contribution in [0.4, 0.5) is 23.3 Å². The maximum atomic E-state index is 5.24. The minimum atomic E-state index is 0.853. The highest BCUT2D eigenvalue weighted by atomic mass is 15.2. The summed E-state index contributed by atoms with van der Waals surface area (Å²) < 4.78 is 0. The van der Waals surface area contributed by atoms with Gasteiger partial charge in [0.15, 0.2) is 11.7 Å². The topological polar surface area (TPSA) is 105 Å². The minimum Gasteiger partial charge on any atom is -0.327 e. The molecule has 0 amide bonds. The van der Waals surface area contributed by atoms with E-state index in [1.54, 1.807) is 0 Å². The second-order valence-electron chi connectivity index (χ2n) is 11.8. The van der Waals surface area contributed by atoms with E-state index in [1.165, 1.54) is 71.9 Å². The van der Waals surface area contributed by atoms with Crippen molar-refractivity contribution in [3.8, 4) is 0 Å². The summed E-state index contributed by atoms with van der Waals surface area (Å²) in [6.45, 7) is 0. The van der Waals surface area contributed by atoms with Crippen LogP contribution in [0.15, 0.2) is 66.5 Å². The number of nitrogens with one attached hydrogen (secondary N) is 4. The number of H-pyrrole nitrogens is 2. The van der Waals surface area contributed by atoms with Crippen LogP contribution in [0.1, 0.15) is 75.3 Å². The number of aliphatic imine (C=N–C) groups is 4. The quantitative estimate of drug-likeness (QED) is 0.242. The Morgan fingerprint density at radius 3 is 1.43 bits per heavy atom.